The minimum absolute atomic E-state index is 0.0354. The Labute approximate surface area is 723 Å². The zero-order valence-corrected chi connectivity index (χ0v) is 67.3. The Kier molecular flexibility index (Phi) is 28.2. The zero-order valence-electron chi connectivity index (χ0n) is 100. The number of nitrogens with one attached hydrogen (secondary N) is 7. The molecular formula is C49H105Cl14N14O14P7. The van der Waals surface area contributed by atoms with Gasteiger partial charge in [0.25, 0.3) is 0 Å². The summed E-state index contributed by atoms with van der Waals surface area (Å²) in [5, 5.41) is 7.41. The Balaban J connectivity index is 0.000000864. The van der Waals surface area contributed by atoms with Crippen LogP contribution in [0.2, 0.25) is 5.65 Å². The van der Waals surface area contributed by atoms with Crippen LogP contribution in [0.3, 0.4) is 0 Å². The molecule has 588 valence electrons. The summed E-state index contributed by atoms with van der Waals surface area (Å²) >= 11 is 76.0. The molecule has 0 aromatic rings. The first-order chi connectivity index (χ1) is 64.3. The number of hydrogen-bond acceptors (Lipinski definition) is 14. The molecule has 0 aromatic heterocycles. The van der Waals surface area contributed by atoms with Crippen LogP contribution in [0.15, 0.2) is 0 Å². The lowest BCUT2D eigenvalue weighted by atomic mass is 10.5. The molecule has 7 saturated heterocycles. The second-order valence-corrected chi connectivity index (χ2v) is 35.0. The summed E-state index contributed by atoms with van der Waals surface area (Å²) in [6.45, 7) is -26.7. The van der Waals surface area contributed by atoms with Gasteiger partial charge in [0.2, 0.25) is 0 Å². The van der Waals surface area contributed by atoms with E-state index >= 15 is 0 Å². The first kappa shape index (κ1) is 45.7. The molecule has 49 heteroatoms. The maximum Gasteiger partial charge on any atom is 0.343 e. The van der Waals surface area contributed by atoms with Crippen molar-refractivity contribution < 1.29 is 132 Å². The van der Waals surface area contributed by atoms with Crippen LogP contribution in [-0.2, 0) is 63.6 Å². The van der Waals surface area contributed by atoms with Crippen molar-refractivity contribution in [1.82, 2.24) is 68.3 Å². The zero-order chi connectivity index (χ0) is 118. The van der Waals surface area contributed by atoms with Crippen molar-refractivity contribution in [2.24, 2.45) is 0 Å². The average molecular weight is 1880 g/mol. The maximum absolute atomic E-state index is 12.9. The van der Waals surface area contributed by atoms with Gasteiger partial charge in [-0.2, -0.15) is 0 Å². The number of hydrogen-bond donors (Lipinski definition) is 7. The maximum atomic E-state index is 12.9. The van der Waals surface area contributed by atoms with Crippen LogP contribution in [0.25, 0.3) is 0 Å². The summed E-state index contributed by atoms with van der Waals surface area (Å²) in [4.78, 5) is 0. The number of alkyl halides is 14. The van der Waals surface area contributed by atoms with Gasteiger partial charge in [-0.05, 0) is 44.8 Å². The summed E-state index contributed by atoms with van der Waals surface area (Å²) in [5.41, 5.74) is 0. The molecule has 7 aliphatic heterocycles. The Morgan fingerprint density at radius 2 is 0.531 bits per heavy atom. The second kappa shape index (κ2) is 60.5. The Hall–Kier alpha value is 4.83. The third-order valence-corrected chi connectivity index (χ3v) is 25.9. The summed E-state index contributed by atoms with van der Waals surface area (Å²) < 4.78 is 499. The van der Waals surface area contributed by atoms with E-state index in [-0.39, 0.29) is 55.7 Å². The highest BCUT2D eigenvalue weighted by Gasteiger charge is 2.39. The Morgan fingerprint density at radius 3 is 0.898 bits per heavy atom. The monoisotopic (exact) mass is 1870 g/mol. The predicted octanol–water partition coefficient (Wildman–Crippen LogP) is 13.2. The first-order valence-corrected chi connectivity index (χ1v) is 42.7. The fourth-order valence-corrected chi connectivity index (χ4v) is 19.5. The lowest BCUT2D eigenvalue weighted by molar-refractivity contribution is 0.232. The highest BCUT2D eigenvalue weighted by Crippen LogP contribution is 2.53. The van der Waals surface area contributed by atoms with Gasteiger partial charge in [0, 0.05) is 277 Å². The van der Waals surface area contributed by atoms with Crippen LogP contribution >= 0.6 is 216 Å². The number of nitrogens with zero attached hydrogens (tertiary/aromatic N) is 7. The van der Waals surface area contributed by atoms with Gasteiger partial charge in [0.05, 0.1) is 51.6 Å². The van der Waals surface area contributed by atoms with Crippen molar-refractivity contribution in [3.05, 3.63) is 0 Å². The molecule has 7 N–H and O–H groups in total. The molecule has 7 rings (SSSR count). The van der Waals surface area contributed by atoms with E-state index in [0.29, 0.717) is 28.8 Å². The number of halogens is 14. The van der Waals surface area contributed by atoms with Crippen LogP contribution in [0.5, 0.6) is 0 Å². The van der Waals surface area contributed by atoms with Crippen molar-refractivity contribution >= 4 is 216 Å². The third-order valence-electron chi connectivity index (χ3n) is 10.6. The molecule has 7 heterocycles. The van der Waals surface area contributed by atoms with Crippen molar-refractivity contribution in [2.75, 3.05) is 265 Å². The second-order valence-electron chi connectivity index (χ2n) is 16.8. The van der Waals surface area contributed by atoms with Gasteiger partial charge in [-0.15, -0.1) is 162 Å². The van der Waals surface area contributed by atoms with E-state index < -0.39 is 318 Å². The smallest absolute Gasteiger partial charge is 0.306 e. The molecule has 0 aromatic carbocycles. The molecule has 0 aliphatic carbocycles. The van der Waals surface area contributed by atoms with Gasteiger partial charge in [-0.25, -0.2) is 68.3 Å². The summed E-state index contributed by atoms with van der Waals surface area (Å²) in [5.74, 6) is -33.1. The molecule has 7 atom stereocenters. The highest BCUT2D eigenvalue weighted by atomic mass is 35.5. The Bertz CT molecular complexity index is 4450. The third kappa shape index (κ3) is 39.8. The molecule has 0 saturated carbocycles. The number of rotatable bonds is 35. The van der Waals surface area contributed by atoms with E-state index in [0.717, 1.165) is 14.0 Å². The van der Waals surface area contributed by atoms with Gasteiger partial charge in [0.1, 0.15) is 5.65 Å². The van der Waals surface area contributed by atoms with E-state index in [1.807, 2.05) is 5.09 Å². The molecule has 0 spiro atoms. The summed E-state index contributed by atoms with van der Waals surface area (Å²) in [7, 11) is -29.5. The quantitative estimate of drug-likeness (QED) is 0.0229. The van der Waals surface area contributed by atoms with Gasteiger partial charge in [-0.3, -0.25) is 32.0 Å². The van der Waals surface area contributed by atoms with Gasteiger partial charge in [-0.1, -0.05) is 0 Å². The van der Waals surface area contributed by atoms with Gasteiger partial charge < -0.3 is 31.7 Å². The van der Waals surface area contributed by atoms with E-state index in [2.05, 4.69) is 10.2 Å². The first-order valence-electron chi connectivity index (χ1n) is 51.3. The van der Waals surface area contributed by atoms with Crippen LogP contribution in [0.1, 0.15) is 108 Å². The minimum atomic E-state index is -4.64. The van der Waals surface area contributed by atoms with E-state index in [1.165, 1.54) is 0 Å². The van der Waals surface area contributed by atoms with Crippen LogP contribution in [0, 0.1) is 0 Å². The molecule has 0 amide bonds. The topological polar surface area (TPSA) is 291 Å². The standard InChI is InChI=1S/7C7H15Cl2N2O2P/c7*8-2-5-11(6-3-9)14(12)10-4-1-7-13-14/h7*1-7H2,(H,10,12)/i2*1D2,2D2,3D2,4D2;2*2D2,3D2,7D2;2D2,3D2,4D2;2*1D2,2D2,3D2/hD4. The largest absolute Gasteiger partial charge is 0.343 e. The van der Waals surface area contributed by atoms with Crippen molar-refractivity contribution in [2.45, 2.75) is 44.8 Å². The van der Waals surface area contributed by atoms with E-state index in [4.69, 9.17) is 263 Å². The van der Waals surface area contributed by atoms with E-state index in [9.17, 15) is 32.0 Å². The fourth-order valence-electron chi connectivity index (χ4n) is 6.22. The van der Waals surface area contributed by atoms with Crippen molar-refractivity contribution in [3.8, 4) is 0 Å². The normalized spacial score (nSPS) is 43.2. The predicted molar refractivity (Wildman–Crippen MR) is 414 cm³/mol. The minimum Gasteiger partial charge on any atom is -0.306 e. The van der Waals surface area contributed by atoms with Crippen molar-refractivity contribution in [1.29, 1.82) is 0 Å². The molecular weight excluding hydrogens is 1720 g/mol. The SMILES string of the molecule is [2H]C([2H])(Cl)CN(CC([2H])([2H])Cl)P1(=O)NC([2H])([2H])C([2H])([2H])CO1.[2H]C([2H])(Cl)CN(CC([2H])([2H])Cl)P1(=O)NCC([2H])([2H])CO1.[2H]C([2H])(Cl)CN(CC([2H])([2H])Cl)P1(=O)NCCC([2H])([2H])O1.[2H]N1C([2H])([2H])C([2H])([2H])COP1(=O)N(CC([2H])([2H])Cl)CC([2H])([2H])Cl.[2H]N1C([2H])([2H])CCOP1(=O)N(CC([2H])([2H])Cl)CC([2H])([2H])Cl.[2H]N1CC([2H])([2H])COP1(=O)N(CC([2H])([2H])Cl)CC([2H])([2H])Cl.[2H]N1CCC([2H])([2H])OP1(=O)N(CC([2H])([2H])Cl)CC([2H])([2H])Cl. The summed E-state index contributed by atoms with van der Waals surface area (Å²) in [6, 6.07) is 0. The molecule has 98 heavy (non-hydrogen) atoms. The van der Waals surface area contributed by atoms with Crippen molar-refractivity contribution in [3.63, 3.8) is 0 Å². The Morgan fingerprint density at radius 1 is 0.276 bits per heavy atom. The van der Waals surface area contributed by atoms with Crippen LogP contribution in [-0.4, -0.2) is 298 Å². The average Bonchev–Trinajstić information content (AvgIpc) is 0.726. The molecule has 7 aliphatic rings. The lowest BCUT2D eigenvalue weighted by Gasteiger charge is -2.33. The molecule has 0 bridgehead atoms. The molecule has 7 fully saturated rings. The molecule has 28 nitrogen and oxygen atoms in total. The highest BCUT2D eigenvalue weighted by molar-refractivity contribution is 7.56. The van der Waals surface area contributed by atoms with Gasteiger partial charge in [0.15, 0.2) is 0 Å². The van der Waals surface area contributed by atoms with Crippen LogP contribution in [0.4, 0.5) is 0 Å². The van der Waals surface area contributed by atoms with E-state index in [1.54, 1.807) is 0 Å². The molecule has 7 unspecified atom stereocenters. The molecule has 0 radical (unpaired) electrons. The van der Waals surface area contributed by atoms with Crippen LogP contribution < -0.4 is 35.6 Å². The summed E-state index contributed by atoms with van der Waals surface area (Å²) in [6.07, 6.45) is -9.17. The van der Waals surface area contributed by atoms with Gasteiger partial charge >= 0.3 is 53.7 Å². The fraction of sp³-hybridized carbons (Fsp3) is 1.00. The lowest BCUT2D eigenvalue weighted by Crippen LogP contribution is -2.35.